The molecule has 3 aromatic rings. The molecule has 0 spiro atoms. The minimum absolute atomic E-state index is 1.12. The number of aryl methyl sites for hydroxylation is 1. The standard InChI is InChI=1S/C25H25N2S2/c1-2-17(18-9-7-15-26-20-11-3-5-13-22(20)28-24(18)26)19-10-8-16-27-21-12-4-6-14-23(21)29-25(19)27/h3-6,11-14H,2,7-10,15-16H2,1H3/q+1. The van der Waals surface area contributed by atoms with Crippen molar-refractivity contribution in [3.05, 3.63) is 69.7 Å². The quantitative estimate of drug-likeness (QED) is 0.425. The zero-order chi connectivity index (χ0) is 19.4. The number of fused-ring (bicyclic) bond motifs is 6. The summed E-state index contributed by atoms with van der Waals surface area (Å²) in [7, 11) is 0. The number of thiazole rings is 1. The first-order chi connectivity index (χ1) is 14.3. The van der Waals surface area contributed by atoms with E-state index in [4.69, 9.17) is 0 Å². The van der Waals surface area contributed by atoms with Crippen molar-refractivity contribution in [2.45, 2.75) is 50.5 Å². The van der Waals surface area contributed by atoms with Gasteiger partial charge in [0.15, 0.2) is 6.54 Å². The molecular weight excluding hydrogens is 392 g/mol. The largest absolute Gasteiger partial charge is 0.335 e. The first-order valence-corrected chi connectivity index (χ1v) is 12.4. The minimum atomic E-state index is 1.12. The van der Waals surface area contributed by atoms with Crippen LogP contribution in [0.5, 0.6) is 0 Å². The van der Waals surface area contributed by atoms with Crippen LogP contribution < -0.4 is 9.47 Å². The second-order valence-corrected chi connectivity index (χ2v) is 10.1. The van der Waals surface area contributed by atoms with Crippen molar-refractivity contribution in [3.63, 3.8) is 0 Å². The summed E-state index contributed by atoms with van der Waals surface area (Å²) in [5.74, 6) is 0. The molecule has 2 aromatic carbocycles. The van der Waals surface area contributed by atoms with Gasteiger partial charge in [0.05, 0.1) is 10.7 Å². The van der Waals surface area contributed by atoms with Gasteiger partial charge in [0.1, 0.15) is 4.70 Å². The van der Waals surface area contributed by atoms with Crippen molar-refractivity contribution in [1.82, 2.24) is 0 Å². The van der Waals surface area contributed by atoms with Crippen LogP contribution in [0.15, 0.2) is 69.6 Å². The van der Waals surface area contributed by atoms with E-state index in [1.165, 1.54) is 56.5 Å². The second-order valence-electron chi connectivity index (χ2n) is 8.05. The molecule has 0 saturated carbocycles. The number of hydrogen-bond donors (Lipinski definition) is 0. The molecule has 146 valence electrons. The van der Waals surface area contributed by atoms with Gasteiger partial charge >= 0.3 is 0 Å². The van der Waals surface area contributed by atoms with Crippen molar-refractivity contribution >= 4 is 44.6 Å². The van der Waals surface area contributed by atoms with Gasteiger partial charge in [-0.1, -0.05) is 54.3 Å². The van der Waals surface area contributed by atoms with Gasteiger partial charge in [-0.3, -0.25) is 0 Å². The number of benzene rings is 2. The highest BCUT2D eigenvalue weighted by Gasteiger charge is 2.34. The van der Waals surface area contributed by atoms with Crippen LogP contribution in [0.2, 0.25) is 0 Å². The molecule has 3 aliphatic rings. The lowest BCUT2D eigenvalue weighted by Gasteiger charge is -2.30. The fraction of sp³-hybridized carbons (Fsp3) is 0.320. The summed E-state index contributed by atoms with van der Waals surface area (Å²) in [6, 6.07) is 17.8. The third-order valence-electron chi connectivity index (χ3n) is 6.43. The van der Waals surface area contributed by atoms with E-state index >= 15 is 0 Å². The van der Waals surface area contributed by atoms with Crippen LogP contribution >= 0.6 is 23.1 Å². The van der Waals surface area contributed by atoms with Crippen LogP contribution in [0.1, 0.15) is 44.0 Å². The molecule has 0 atom stereocenters. The third kappa shape index (κ3) is 2.72. The Morgan fingerprint density at radius 2 is 1.90 bits per heavy atom. The summed E-state index contributed by atoms with van der Waals surface area (Å²) < 4.78 is 4.00. The van der Waals surface area contributed by atoms with Gasteiger partial charge in [-0.25, -0.2) is 0 Å². The van der Waals surface area contributed by atoms with E-state index in [2.05, 4.69) is 64.9 Å². The number of allylic oxidation sites excluding steroid dienone is 3. The summed E-state index contributed by atoms with van der Waals surface area (Å²) >= 11 is 3.98. The van der Waals surface area contributed by atoms with Gasteiger partial charge in [-0.05, 0) is 55.0 Å². The molecule has 0 fully saturated rings. The molecule has 4 heterocycles. The summed E-state index contributed by atoms with van der Waals surface area (Å²) in [5, 5.41) is 3.00. The van der Waals surface area contributed by atoms with Crippen molar-refractivity contribution in [2.75, 3.05) is 11.4 Å². The van der Waals surface area contributed by atoms with E-state index in [0.29, 0.717) is 0 Å². The normalized spacial score (nSPS) is 20.0. The Morgan fingerprint density at radius 3 is 2.83 bits per heavy atom. The molecule has 0 saturated heterocycles. The van der Waals surface area contributed by atoms with E-state index < -0.39 is 0 Å². The molecule has 0 amide bonds. The average molecular weight is 418 g/mol. The molecule has 2 nitrogen and oxygen atoms in total. The van der Waals surface area contributed by atoms with E-state index in [1.807, 2.05) is 23.1 Å². The maximum atomic E-state index is 2.58. The Hall–Kier alpha value is -2.04. The molecular formula is C25H25N2S2+. The predicted molar refractivity (Wildman–Crippen MR) is 124 cm³/mol. The van der Waals surface area contributed by atoms with Crippen LogP contribution in [0.3, 0.4) is 0 Å². The Balaban J connectivity index is 1.55. The second kappa shape index (κ2) is 7.03. The Morgan fingerprint density at radius 1 is 1.03 bits per heavy atom. The van der Waals surface area contributed by atoms with Crippen LogP contribution in [-0.2, 0) is 6.54 Å². The molecule has 0 aliphatic carbocycles. The molecule has 4 heteroatoms. The number of para-hydroxylation sites is 2. The monoisotopic (exact) mass is 417 g/mol. The van der Waals surface area contributed by atoms with Gasteiger partial charge in [0, 0.05) is 29.5 Å². The fourth-order valence-corrected chi connectivity index (χ4v) is 7.75. The lowest BCUT2D eigenvalue weighted by atomic mass is 9.90. The maximum Gasteiger partial charge on any atom is 0.266 e. The van der Waals surface area contributed by atoms with Gasteiger partial charge < -0.3 is 4.90 Å². The highest BCUT2D eigenvalue weighted by molar-refractivity contribution is 8.03. The van der Waals surface area contributed by atoms with Crippen LogP contribution in [0.25, 0.3) is 15.8 Å². The Bertz CT molecular complexity index is 1180. The van der Waals surface area contributed by atoms with Crippen molar-refractivity contribution in [1.29, 1.82) is 0 Å². The van der Waals surface area contributed by atoms with Gasteiger partial charge in [0.2, 0.25) is 5.52 Å². The molecule has 0 radical (unpaired) electrons. The highest BCUT2D eigenvalue weighted by atomic mass is 32.2. The summed E-state index contributed by atoms with van der Waals surface area (Å²) in [6.45, 7) is 4.66. The molecule has 1 aromatic heterocycles. The molecule has 0 N–H and O–H groups in total. The Kier molecular flexibility index (Phi) is 4.31. The van der Waals surface area contributed by atoms with Crippen LogP contribution in [-0.4, -0.2) is 6.54 Å². The zero-order valence-corrected chi connectivity index (χ0v) is 18.4. The van der Waals surface area contributed by atoms with Crippen molar-refractivity contribution in [2.24, 2.45) is 0 Å². The van der Waals surface area contributed by atoms with Crippen LogP contribution in [0.4, 0.5) is 5.69 Å². The zero-order valence-electron chi connectivity index (χ0n) is 16.8. The van der Waals surface area contributed by atoms with Crippen LogP contribution in [0, 0.1) is 0 Å². The average Bonchev–Trinajstić information content (AvgIpc) is 3.34. The highest BCUT2D eigenvalue weighted by Crippen LogP contribution is 2.52. The Labute approximate surface area is 180 Å². The van der Waals surface area contributed by atoms with E-state index in [0.717, 1.165) is 19.5 Å². The summed E-state index contributed by atoms with van der Waals surface area (Å²) in [4.78, 5) is 4.00. The number of anilines is 1. The number of hydrogen-bond acceptors (Lipinski definition) is 3. The first-order valence-electron chi connectivity index (χ1n) is 10.8. The third-order valence-corrected chi connectivity index (χ3v) is 8.88. The van der Waals surface area contributed by atoms with Gasteiger partial charge in [-0.15, -0.1) is 0 Å². The molecule has 6 rings (SSSR count). The minimum Gasteiger partial charge on any atom is -0.335 e. The van der Waals surface area contributed by atoms with E-state index in [-0.39, 0.29) is 0 Å². The maximum absolute atomic E-state index is 2.58. The molecule has 0 unspecified atom stereocenters. The summed E-state index contributed by atoms with van der Waals surface area (Å²) in [5.41, 5.74) is 7.66. The lowest BCUT2D eigenvalue weighted by molar-refractivity contribution is -0.672. The van der Waals surface area contributed by atoms with Crippen molar-refractivity contribution < 1.29 is 4.57 Å². The lowest BCUT2D eigenvalue weighted by Crippen LogP contribution is -2.39. The first kappa shape index (κ1) is 17.8. The fourth-order valence-electron chi connectivity index (χ4n) is 5.17. The number of thioether (sulfide) groups is 1. The van der Waals surface area contributed by atoms with Gasteiger partial charge in [0.25, 0.3) is 5.01 Å². The number of aromatic nitrogens is 1. The molecule has 0 bridgehead atoms. The smallest absolute Gasteiger partial charge is 0.266 e. The summed E-state index contributed by atoms with van der Waals surface area (Å²) in [6.07, 6.45) is 6.04. The number of rotatable bonds is 2. The van der Waals surface area contributed by atoms with E-state index in [1.54, 1.807) is 16.7 Å². The topological polar surface area (TPSA) is 7.12 Å². The van der Waals surface area contributed by atoms with E-state index in [9.17, 15) is 0 Å². The predicted octanol–water partition coefficient (Wildman–Crippen LogP) is 6.76. The number of nitrogens with zero attached hydrogens (tertiary/aromatic N) is 2. The van der Waals surface area contributed by atoms with Crippen molar-refractivity contribution in [3.8, 4) is 0 Å². The SMILES string of the molecule is CCC(C1=C2Sc3ccccc3N2CCC1)=C1CCC[n+]2c1sc1ccccc12. The van der Waals surface area contributed by atoms with Gasteiger partial charge in [-0.2, -0.15) is 4.57 Å². The molecule has 3 aliphatic heterocycles. The molecule has 29 heavy (non-hydrogen) atoms.